The lowest BCUT2D eigenvalue weighted by Crippen LogP contribution is -2.44. The lowest BCUT2D eigenvalue weighted by Gasteiger charge is -2.22. The van der Waals surface area contributed by atoms with Crippen LogP contribution in [0, 0.1) is 5.92 Å². The second-order valence-corrected chi connectivity index (χ2v) is 8.10. The standard InChI is InChI=1S/C23H27N3O3/c1-16(2)13-14-23(3)21(28)26(22(29)25-23)15-17-9-11-18(12-10-17)20(27)24-19-7-5-4-6-8-19/h4-12,16H,13-15H2,1-3H3,(H,24,27)(H,25,29)/t23-/m0/s1. The van der Waals surface area contributed by atoms with E-state index in [1.165, 1.54) is 4.90 Å². The van der Waals surface area contributed by atoms with Crippen LogP contribution >= 0.6 is 0 Å². The van der Waals surface area contributed by atoms with Gasteiger partial charge in [-0.2, -0.15) is 0 Å². The second kappa shape index (κ2) is 8.47. The van der Waals surface area contributed by atoms with Crippen LogP contribution in [-0.2, 0) is 11.3 Å². The molecule has 0 spiro atoms. The van der Waals surface area contributed by atoms with E-state index < -0.39 is 5.54 Å². The fraction of sp³-hybridized carbons (Fsp3) is 0.348. The van der Waals surface area contributed by atoms with Gasteiger partial charge in [-0.25, -0.2) is 4.79 Å². The molecule has 1 aliphatic rings. The summed E-state index contributed by atoms with van der Waals surface area (Å²) in [5.41, 5.74) is 1.17. The van der Waals surface area contributed by atoms with Gasteiger partial charge in [-0.15, -0.1) is 0 Å². The number of hydrogen-bond donors (Lipinski definition) is 2. The monoisotopic (exact) mass is 393 g/mol. The van der Waals surface area contributed by atoms with E-state index in [1.54, 1.807) is 31.2 Å². The first-order valence-corrected chi connectivity index (χ1v) is 9.88. The summed E-state index contributed by atoms with van der Waals surface area (Å²) in [4.78, 5) is 38.8. The van der Waals surface area contributed by atoms with Crippen LogP contribution in [0.15, 0.2) is 54.6 Å². The lowest BCUT2D eigenvalue weighted by molar-refractivity contribution is -0.131. The van der Waals surface area contributed by atoms with E-state index in [2.05, 4.69) is 24.5 Å². The molecule has 1 saturated heterocycles. The van der Waals surface area contributed by atoms with E-state index in [9.17, 15) is 14.4 Å². The minimum atomic E-state index is -0.850. The lowest BCUT2D eigenvalue weighted by atomic mass is 9.92. The van der Waals surface area contributed by atoms with Crippen LogP contribution in [0.4, 0.5) is 10.5 Å². The molecule has 0 aromatic heterocycles. The molecule has 6 heteroatoms. The summed E-state index contributed by atoms with van der Waals surface area (Å²) in [7, 11) is 0. The van der Waals surface area contributed by atoms with E-state index in [-0.39, 0.29) is 24.4 Å². The number of anilines is 1. The third kappa shape index (κ3) is 4.83. The third-order valence-corrected chi connectivity index (χ3v) is 5.16. The van der Waals surface area contributed by atoms with Crippen LogP contribution < -0.4 is 10.6 Å². The summed E-state index contributed by atoms with van der Waals surface area (Å²) < 4.78 is 0. The highest BCUT2D eigenvalue weighted by Gasteiger charge is 2.47. The Morgan fingerprint density at radius 1 is 1.07 bits per heavy atom. The van der Waals surface area contributed by atoms with Gasteiger partial charge >= 0.3 is 6.03 Å². The Hall–Kier alpha value is -3.15. The Balaban J connectivity index is 1.64. The van der Waals surface area contributed by atoms with Crippen molar-refractivity contribution in [1.29, 1.82) is 0 Å². The van der Waals surface area contributed by atoms with Crippen molar-refractivity contribution >= 4 is 23.5 Å². The molecule has 1 heterocycles. The molecule has 0 radical (unpaired) electrons. The SMILES string of the molecule is CC(C)CC[C@]1(C)NC(=O)N(Cc2ccc(C(=O)Nc3ccccc3)cc2)C1=O. The summed E-state index contributed by atoms with van der Waals surface area (Å²) in [6, 6.07) is 15.8. The smallest absolute Gasteiger partial charge is 0.323 e. The maximum absolute atomic E-state index is 12.8. The Bertz CT molecular complexity index is 893. The average molecular weight is 393 g/mol. The van der Waals surface area contributed by atoms with Crippen LogP contribution in [-0.4, -0.2) is 28.3 Å². The number of benzene rings is 2. The van der Waals surface area contributed by atoms with Gasteiger partial charge in [0, 0.05) is 11.3 Å². The van der Waals surface area contributed by atoms with Gasteiger partial charge < -0.3 is 10.6 Å². The average Bonchev–Trinajstić information content (AvgIpc) is 2.91. The molecule has 2 aromatic rings. The molecular weight excluding hydrogens is 366 g/mol. The van der Waals surface area contributed by atoms with Crippen LogP contribution in [0.5, 0.6) is 0 Å². The Labute approximate surface area is 171 Å². The summed E-state index contributed by atoms with van der Waals surface area (Å²) >= 11 is 0. The van der Waals surface area contributed by atoms with Gasteiger partial charge in [-0.1, -0.05) is 44.2 Å². The molecule has 6 nitrogen and oxygen atoms in total. The maximum atomic E-state index is 12.8. The number of nitrogens with zero attached hydrogens (tertiary/aromatic N) is 1. The molecule has 4 amide bonds. The van der Waals surface area contributed by atoms with E-state index in [0.29, 0.717) is 17.9 Å². The first kappa shape index (κ1) is 20.6. The quantitative estimate of drug-likeness (QED) is 0.693. The van der Waals surface area contributed by atoms with E-state index in [1.807, 2.05) is 30.3 Å². The topological polar surface area (TPSA) is 78.5 Å². The minimum absolute atomic E-state index is 0.183. The molecule has 0 aliphatic carbocycles. The van der Waals surface area contributed by atoms with Crippen molar-refractivity contribution in [2.45, 2.75) is 45.7 Å². The molecule has 2 N–H and O–H groups in total. The summed E-state index contributed by atoms with van der Waals surface area (Å²) in [6.07, 6.45) is 1.48. The molecule has 29 heavy (non-hydrogen) atoms. The number of rotatable bonds is 7. The van der Waals surface area contributed by atoms with Crippen LogP contribution in [0.2, 0.25) is 0 Å². The normalized spacial score (nSPS) is 18.8. The van der Waals surface area contributed by atoms with Crippen LogP contribution in [0.25, 0.3) is 0 Å². The van der Waals surface area contributed by atoms with Crippen LogP contribution in [0.1, 0.15) is 49.5 Å². The van der Waals surface area contributed by atoms with E-state index in [4.69, 9.17) is 0 Å². The number of carbonyl (C=O) groups excluding carboxylic acids is 3. The molecule has 0 saturated carbocycles. The number of amides is 4. The van der Waals surface area contributed by atoms with Gasteiger partial charge in [-0.3, -0.25) is 14.5 Å². The molecule has 0 bridgehead atoms. The molecule has 2 aromatic carbocycles. The number of carbonyl (C=O) groups is 3. The first-order valence-electron chi connectivity index (χ1n) is 9.88. The van der Waals surface area contributed by atoms with E-state index in [0.717, 1.165) is 17.7 Å². The molecule has 0 unspecified atom stereocenters. The highest BCUT2D eigenvalue weighted by atomic mass is 16.2. The van der Waals surface area contributed by atoms with Gasteiger partial charge in [0.25, 0.3) is 11.8 Å². The van der Waals surface area contributed by atoms with E-state index >= 15 is 0 Å². The van der Waals surface area contributed by atoms with Crippen molar-refractivity contribution in [3.05, 3.63) is 65.7 Å². The highest BCUT2D eigenvalue weighted by Crippen LogP contribution is 2.26. The number of imide groups is 1. The van der Waals surface area contributed by atoms with Crippen molar-refractivity contribution in [3.8, 4) is 0 Å². The molecule has 1 atom stereocenters. The van der Waals surface area contributed by atoms with Gasteiger partial charge in [0.15, 0.2) is 0 Å². The maximum Gasteiger partial charge on any atom is 0.325 e. The molecule has 1 aliphatic heterocycles. The summed E-state index contributed by atoms with van der Waals surface area (Å²) in [5, 5.41) is 5.67. The Kier molecular flexibility index (Phi) is 6.01. The molecule has 3 rings (SSSR count). The zero-order chi connectivity index (χ0) is 21.0. The van der Waals surface area contributed by atoms with Crippen molar-refractivity contribution in [3.63, 3.8) is 0 Å². The van der Waals surface area contributed by atoms with Crippen molar-refractivity contribution < 1.29 is 14.4 Å². The van der Waals surface area contributed by atoms with Crippen molar-refractivity contribution in [1.82, 2.24) is 10.2 Å². The third-order valence-electron chi connectivity index (χ3n) is 5.16. The van der Waals surface area contributed by atoms with Crippen molar-refractivity contribution in [2.75, 3.05) is 5.32 Å². The molecule has 1 fully saturated rings. The van der Waals surface area contributed by atoms with Gasteiger partial charge in [0.05, 0.1) is 6.54 Å². The fourth-order valence-corrected chi connectivity index (χ4v) is 3.31. The first-order chi connectivity index (χ1) is 13.8. The zero-order valence-electron chi connectivity index (χ0n) is 17.1. The predicted octanol–water partition coefficient (Wildman–Crippen LogP) is 4.19. The predicted molar refractivity (Wildman–Crippen MR) is 112 cm³/mol. The van der Waals surface area contributed by atoms with Gasteiger partial charge in [0.2, 0.25) is 0 Å². The Morgan fingerprint density at radius 3 is 2.34 bits per heavy atom. The number of hydrogen-bond acceptors (Lipinski definition) is 3. The minimum Gasteiger partial charge on any atom is -0.323 e. The Morgan fingerprint density at radius 2 is 1.72 bits per heavy atom. The largest absolute Gasteiger partial charge is 0.325 e. The number of nitrogens with one attached hydrogen (secondary N) is 2. The summed E-state index contributed by atoms with van der Waals surface area (Å²) in [5.74, 6) is 0.0493. The summed E-state index contributed by atoms with van der Waals surface area (Å²) in [6.45, 7) is 6.16. The fourth-order valence-electron chi connectivity index (χ4n) is 3.31. The highest BCUT2D eigenvalue weighted by molar-refractivity contribution is 6.07. The zero-order valence-corrected chi connectivity index (χ0v) is 17.1. The van der Waals surface area contributed by atoms with Crippen LogP contribution in [0.3, 0.4) is 0 Å². The second-order valence-electron chi connectivity index (χ2n) is 8.10. The van der Waals surface area contributed by atoms with Gasteiger partial charge in [0.1, 0.15) is 5.54 Å². The molecular formula is C23H27N3O3. The van der Waals surface area contributed by atoms with Crippen molar-refractivity contribution in [2.24, 2.45) is 5.92 Å². The molecule has 152 valence electrons. The number of para-hydroxylation sites is 1. The number of urea groups is 1. The van der Waals surface area contributed by atoms with Gasteiger partial charge in [-0.05, 0) is 55.5 Å².